The molecule has 54 heavy (non-hydrogen) atoms. The van der Waals surface area contributed by atoms with Crippen molar-refractivity contribution >= 4 is 12.1 Å². The Morgan fingerprint density at radius 3 is 1.30 bits per heavy atom. The summed E-state index contributed by atoms with van der Waals surface area (Å²) < 4.78 is 16.8. The van der Waals surface area contributed by atoms with E-state index < -0.39 is 6.16 Å². The van der Waals surface area contributed by atoms with Crippen LogP contribution in [-0.2, 0) is 19.0 Å². The van der Waals surface area contributed by atoms with Crippen LogP contribution in [0.25, 0.3) is 0 Å². The molecule has 0 bridgehead atoms. The number of esters is 1. The van der Waals surface area contributed by atoms with Gasteiger partial charge in [0.15, 0.2) is 0 Å². The number of hydrogen-bond acceptors (Lipinski definition) is 7. The smallest absolute Gasteiger partial charge is 0.465 e. The minimum absolute atomic E-state index is 0.00195. The molecule has 0 aromatic rings. The normalized spacial score (nSPS) is 12.6. The van der Waals surface area contributed by atoms with Crippen molar-refractivity contribution in [2.45, 2.75) is 246 Å². The molecule has 1 N–H and O–H groups in total. The first-order valence-electron chi connectivity index (χ1n) is 23.8. The Kier molecular flexibility index (Phi) is 41.7. The lowest BCUT2D eigenvalue weighted by Gasteiger charge is -2.21. The number of rotatable bonds is 43. The zero-order valence-electron chi connectivity index (χ0n) is 36.7. The van der Waals surface area contributed by atoms with Crippen LogP contribution in [0.2, 0.25) is 0 Å². The third kappa shape index (κ3) is 37.6. The van der Waals surface area contributed by atoms with Crippen molar-refractivity contribution in [3.63, 3.8) is 0 Å². The number of ether oxygens (including phenoxy) is 3. The molecule has 7 nitrogen and oxygen atoms in total. The number of hydrogen-bond donors (Lipinski definition) is 1. The molecule has 0 amide bonds. The molecule has 0 saturated carbocycles. The fourth-order valence-electron chi connectivity index (χ4n) is 7.32. The highest BCUT2D eigenvalue weighted by Crippen LogP contribution is 2.18. The molecule has 0 aliphatic rings. The second-order valence-electron chi connectivity index (χ2n) is 16.4. The van der Waals surface area contributed by atoms with E-state index >= 15 is 0 Å². The molecule has 0 rings (SSSR count). The van der Waals surface area contributed by atoms with E-state index in [2.05, 4.69) is 25.7 Å². The zero-order chi connectivity index (χ0) is 39.6. The first kappa shape index (κ1) is 52.7. The summed E-state index contributed by atoms with van der Waals surface area (Å²) in [5.74, 6) is 0.00772. The predicted octanol–water partition coefficient (Wildman–Crippen LogP) is 13.9. The van der Waals surface area contributed by atoms with Crippen molar-refractivity contribution in [3.8, 4) is 0 Å². The standard InChI is InChI=1S/C47H93NO6/c1-5-8-11-14-15-16-17-23-30-37-45(36-29-13-10-7-3)54-47(51)53-43-34-27-21-19-25-32-39-48(40-41-49)38-31-24-18-20-26-33-42-52-46(50)44(4)35-28-22-12-9-6-2/h44-45,49H,5-43H2,1-4H3. The number of carbonyl (C=O) groups excluding carboxylic acids is 2. The van der Waals surface area contributed by atoms with Gasteiger partial charge in [-0.15, -0.1) is 0 Å². The van der Waals surface area contributed by atoms with E-state index in [1.807, 2.05) is 6.92 Å². The number of aliphatic hydroxyl groups is 1. The molecule has 0 aromatic carbocycles. The summed E-state index contributed by atoms with van der Waals surface area (Å²) in [5, 5.41) is 9.55. The Bertz CT molecular complexity index is 779. The maximum Gasteiger partial charge on any atom is 0.508 e. The Morgan fingerprint density at radius 1 is 0.463 bits per heavy atom. The van der Waals surface area contributed by atoms with E-state index in [0.717, 1.165) is 96.7 Å². The van der Waals surface area contributed by atoms with Crippen molar-refractivity contribution < 1.29 is 28.9 Å². The molecule has 0 radical (unpaired) electrons. The van der Waals surface area contributed by atoms with Crippen LogP contribution in [0.4, 0.5) is 4.79 Å². The van der Waals surface area contributed by atoms with Gasteiger partial charge < -0.3 is 24.2 Å². The first-order chi connectivity index (χ1) is 26.5. The fourth-order valence-corrected chi connectivity index (χ4v) is 7.32. The van der Waals surface area contributed by atoms with Crippen molar-refractivity contribution in [2.24, 2.45) is 5.92 Å². The van der Waals surface area contributed by atoms with E-state index in [4.69, 9.17) is 14.2 Å². The van der Waals surface area contributed by atoms with E-state index in [9.17, 15) is 14.7 Å². The second-order valence-corrected chi connectivity index (χ2v) is 16.4. The topological polar surface area (TPSA) is 85.3 Å². The highest BCUT2D eigenvalue weighted by molar-refractivity contribution is 5.71. The summed E-state index contributed by atoms with van der Waals surface area (Å²) >= 11 is 0. The Morgan fingerprint density at radius 2 is 0.833 bits per heavy atom. The third-order valence-electron chi connectivity index (χ3n) is 11.0. The maximum atomic E-state index is 12.5. The monoisotopic (exact) mass is 768 g/mol. The summed E-state index contributed by atoms with van der Waals surface area (Å²) in [5.41, 5.74) is 0. The largest absolute Gasteiger partial charge is 0.508 e. The molecule has 0 aliphatic carbocycles. The molecule has 0 spiro atoms. The van der Waals surface area contributed by atoms with Gasteiger partial charge in [-0.25, -0.2) is 4.79 Å². The summed E-state index contributed by atoms with van der Waals surface area (Å²) in [4.78, 5) is 27.1. The first-order valence-corrected chi connectivity index (χ1v) is 23.8. The van der Waals surface area contributed by atoms with Crippen molar-refractivity contribution in [1.29, 1.82) is 0 Å². The van der Waals surface area contributed by atoms with Gasteiger partial charge >= 0.3 is 12.1 Å². The van der Waals surface area contributed by atoms with Gasteiger partial charge in [0.2, 0.25) is 0 Å². The average Bonchev–Trinajstić information content (AvgIpc) is 3.16. The van der Waals surface area contributed by atoms with E-state index in [0.29, 0.717) is 13.2 Å². The quantitative estimate of drug-likeness (QED) is 0.0488. The van der Waals surface area contributed by atoms with Gasteiger partial charge in [0.1, 0.15) is 6.10 Å². The zero-order valence-corrected chi connectivity index (χ0v) is 36.7. The lowest BCUT2D eigenvalue weighted by atomic mass is 10.0. The molecule has 0 heterocycles. The molecule has 7 heteroatoms. The summed E-state index contributed by atoms with van der Waals surface area (Å²) in [6.07, 6.45) is 38.7. The minimum Gasteiger partial charge on any atom is -0.465 e. The van der Waals surface area contributed by atoms with Gasteiger partial charge in [-0.2, -0.15) is 0 Å². The van der Waals surface area contributed by atoms with Crippen LogP contribution in [0.5, 0.6) is 0 Å². The number of aliphatic hydroxyl groups excluding tert-OH is 1. The average molecular weight is 768 g/mol. The lowest BCUT2D eigenvalue weighted by Crippen LogP contribution is -2.29. The lowest BCUT2D eigenvalue weighted by molar-refractivity contribution is -0.148. The van der Waals surface area contributed by atoms with Crippen LogP contribution < -0.4 is 0 Å². The van der Waals surface area contributed by atoms with E-state index in [1.165, 1.54) is 135 Å². The SMILES string of the molecule is CCCCCCCCCCCC(CCCCCC)OC(=O)OCCCCCCCCN(CCO)CCCCCCCCOC(=O)C(C)CCCCCCC. The van der Waals surface area contributed by atoms with Crippen molar-refractivity contribution in [1.82, 2.24) is 4.90 Å². The molecule has 322 valence electrons. The molecule has 0 aliphatic heterocycles. The van der Waals surface area contributed by atoms with Crippen molar-refractivity contribution in [2.75, 3.05) is 39.5 Å². The molecular weight excluding hydrogens is 675 g/mol. The van der Waals surface area contributed by atoms with Gasteiger partial charge in [0, 0.05) is 6.54 Å². The third-order valence-corrected chi connectivity index (χ3v) is 11.0. The van der Waals surface area contributed by atoms with Crippen LogP contribution in [0.15, 0.2) is 0 Å². The predicted molar refractivity (Wildman–Crippen MR) is 229 cm³/mol. The highest BCUT2D eigenvalue weighted by Gasteiger charge is 2.16. The van der Waals surface area contributed by atoms with Gasteiger partial charge in [0.05, 0.1) is 25.7 Å². The molecule has 2 unspecified atom stereocenters. The molecular formula is C47H93NO6. The number of unbranched alkanes of at least 4 members (excludes halogenated alkanes) is 25. The van der Waals surface area contributed by atoms with Crippen LogP contribution in [-0.4, -0.2) is 67.7 Å². The number of nitrogens with zero attached hydrogens (tertiary/aromatic N) is 1. The van der Waals surface area contributed by atoms with E-state index in [-0.39, 0.29) is 24.6 Å². The molecule has 0 saturated heterocycles. The van der Waals surface area contributed by atoms with E-state index in [1.54, 1.807) is 0 Å². The van der Waals surface area contributed by atoms with Gasteiger partial charge in [0.25, 0.3) is 0 Å². The molecule has 0 fully saturated rings. The van der Waals surface area contributed by atoms with Crippen LogP contribution in [0, 0.1) is 5.92 Å². The second kappa shape index (κ2) is 42.8. The van der Waals surface area contributed by atoms with Crippen LogP contribution in [0.3, 0.4) is 0 Å². The minimum atomic E-state index is -0.471. The highest BCUT2D eigenvalue weighted by atomic mass is 16.7. The Labute approximate surface area is 336 Å². The summed E-state index contributed by atoms with van der Waals surface area (Å²) in [6.45, 7) is 12.8. The maximum absolute atomic E-state index is 12.5. The molecule has 2 atom stereocenters. The summed E-state index contributed by atoms with van der Waals surface area (Å²) in [6, 6.07) is 0. The van der Waals surface area contributed by atoms with Crippen LogP contribution >= 0.6 is 0 Å². The fraction of sp³-hybridized carbons (Fsp3) is 0.957. The Hall–Kier alpha value is -1.34. The van der Waals surface area contributed by atoms with Gasteiger partial charge in [-0.1, -0.05) is 182 Å². The number of carbonyl (C=O) groups is 2. The van der Waals surface area contributed by atoms with Gasteiger partial charge in [-0.3, -0.25) is 4.79 Å². The van der Waals surface area contributed by atoms with Crippen LogP contribution in [0.1, 0.15) is 240 Å². The van der Waals surface area contributed by atoms with Crippen molar-refractivity contribution in [3.05, 3.63) is 0 Å². The van der Waals surface area contributed by atoms with Gasteiger partial charge in [-0.05, 0) is 70.9 Å². The molecule has 0 aromatic heterocycles. The Balaban J connectivity index is 3.88. The summed E-state index contributed by atoms with van der Waals surface area (Å²) in [7, 11) is 0.